The third kappa shape index (κ3) is 9.32. The third-order valence-electron chi connectivity index (χ3n) is 4.71. The molecule has 1 unspecified atom stereocenters. The summed E-state index contributed by atoms with van der Waals surface area (Å²) in [6, 6.07) is 9.21. The molecule has 1 atom stereocenters. The number of nitrogens with zero attached hydrogens (tertiary/aromatic N) is 2. The highest BCUT2D eigenvalue weighted by Gasteiger charge is 2.11. The van der Waals surface area contributed by atoms with E-state index in [4.69, 9.17) is 4.74 Å². The number of aliphatic imine (C=N–C) groups is 1. The first kappa shape index (κ1) is 28.2. The van der Waals surface area contributed by atoms with Gasteiger partial charge < -0.3 is 15.4 Å². The van der Waals surface area contributed by atoms with E-state index in [1.807, 2.05) is 24.3 Å². The fraction of sp³-hybridized carbons (Fsp3) is 0.478. The Bertz CT molecular complexity index is 1010. The first-order valence-electron chi connectivity index (χ1n) is 10.4. The Kier molecular flexibility index (Phi) is 11.4. The zero-order chi connectivity index (χ0) is 23.0. The van der Waals surface area contributed by atoms with E-state index in [0.29, 0.717) is 35.7 Å². The number of benzene rings is 1. The van der Waals surface area contributed by atoms with Crippen LogP contribution in [0, 0.1) is 12.8 Å². The van der Waals surface area contributed by atoms with Crippen molar-refractivity contribution in [2.75, 3.05) is 13.3 Å². The second kappa shape index (κ2) is 13.0. The van der Waals surface area contributed by atoms with Gasteiger partial charge in [0, 0.05) is 38.7 Å². The minimum absolute atomic E-state index is 0. The maximum Gasteiger partial charge on any atom is 0.213 e. The fourth-order valence-corrected chi connectivity index (χ4v) is 4.33. The van der Waals surface area contributed by atoms with Gasteiger partial charge in [-0.2, -0.15) is 0 Å². The lowest BCUT2D eigenvalue weighted by atomic mass is 10.1. The topological polar surface area (TPSA) is 92.7 Å². The van der Waals surface area contributed by atoms with E-state index in [9.17, 15) is 8.42 Å². The molecular weight excluding hydrogens is 539 g/mol. The molecule has 1 heterocycles. The van der Waals surface area contributed by atoms with Gasteiger partial charge in [-0.05, 0) is 55.0 Å². The maximum atomic E-state index is 11.8. The highest BCUT2D eigenvalue weighted by atomic mass is 127. The minimum atomic E-state index is -3.21. The average Bonchev–Trinajstić information content (AvgIpc) is 2.66. The first-order chi connectivity index (χ1) is 14.6. The molecule has 2 aromatic rings. The normalized spacial score (nSPS) is 12.8. The van der Waals surface area contributed by atoms with E-state index in [0.717, 1.165) is 23.1 Å². The molecule has 0 bridgehead atoms. The van der Waals surface area contributed by atoms with Crippen molar-refractivity contribution >= 4 is 39.8 Å². The number of nitrogens with one attached hydrogen (secondary N) is 2. The molecule has 1 aromatic heterocycles. The Morgan fingerprint density at radius 3 is 2.25 bits per heavy atom. The second-order valence-electron chi connectivity index (χ2n) is 8.21. The SMILES string of the molecule is CN=C(NCc1ccnc(OC(C)CC(C)C)c1)NCc1ccc(S(C)(=O)=O)c(C)c1.I. The van der Waals surface area contributed by atoms with Crippen molar-refractivity contribution in [1.29, 1.82) is 0 Å². The molecule has 7 nitrogen and oxygen atoms in total. The Morgan fingerprint density at radius 2 is 1.72 bits per heavy atom. The van der Waals surface area contributed by atoms with Crippen molar-refractivity contribution in [2.45, 2.75) is 58.2 Å². The molecule has 0 radical (unpaired) electrons. The van der Waals surface area contributed by atoms with Crippen molar-refractivity contribution < 1.29 is 13.2 Å². The van der Waals surface area contributed by atoms with Crippen LogP contribution in [0.4, 0.5) is 0 Å². The van der Waals surface area contributed by atoms with Crippen LogP contribution >= 0.6 is 24.0 Å². The van der Waals surface area contributed by atoms with E-state index >= 15 is 0 Å². The van der Waals surface area contributed by atoms with Crippen molar-refractivity contribution in [2.24, 2.45) is 10.9 Å². The molecule has 0 fully saturated rings. The quantitative estimate of drug-likeness (QED) is 0.266. The molecule has 1 aromatic carbocycles. The van der Waals surface area contributed by atoms with E-state index in [2.05, 4.69) is 41.4 Å². The van der Waals surface area contributed by atoms with Crippen LogP contribution in [0.25, 0.3) is 0 Å². The van der Waals surface area contributed by atoms with Gasteiger partial charge in [0.2, 0.25) is 5.88 Å². The van der Waals surface area contributed by atoms with Crippen molar-refractivity contribution in [1.82, 2.24) is 15.6 Å². The van der Waals surface area contributed by atoms with Gasteiger partial charge in [-0.25, -0.2) is 13.4 Å². The molecule has 2 rings (SSSR count). The Hall–Kier alpha value is -1.88. The van der Waals surface area contributed by atoms with Crippen LogP contribution in [0.15, 0.2) is 46.4 Å². The number of guanidine groups is 1. The van der Waals surface area contributed by atoms with Crippen LogP contribution in [0.1, 0.15) is 43.9 Å². The number of hydrogen-bond donors (Lipinski definition) is 2. The summed E-state index contributed by atoms with van der Waals surface area (Å²) >= 11 is 0. The molecule has 0 saturated heterocycles. The van der Waals surface area contributed by atoms with Gasteiger partial charge in [0.15, 0.2) is 15.8 Å². The fourth-order valence-electron chi connectivity index (χ4n) is 3.37. The second-order valence-corrected chi connectivity index (χ2v) is 10.2. The smallest absolute Gasteiger partial charge is 0.213 e. The van der Waals surface area contributed by atoms with Crippen molar-refractivity contribution in [3.05, 3.63) is 53.2 Å². The summed E-state index contributed by atoms with van der Waals surface area (Å²) in [5, 5.41) is 6.53. The number of sulfone groups is 1. The summed E-state index contributed by atoms with van der Waals surface area (Å²) in [7, 11) is -1.50. The Morgan fingerprint density at radius 1 is 1.09 bits per heavy atom. The van der Waals surface area contributed by atoms with Crippen molar-refractivity contribution in [3.63, 3.8) is 0 Å². The molecule has 0 spiro atoms. The predicted octanol–water partition coefficient (Wildman–Crippen LogP) is 4.09. The van der Waals surface area contributed by atoms with Crippen LogP contribution in [-0.2, 0) is 22.9 Å². The molecule has 9 heteroatoms. The summed E-state index contributed by atoms with van der Waals surface area (Å²) in [5.74, 6) is 1.84. The van der Waals surface area contributed by atoms with Crippen LogP contribution in [0.2, 0.25) is 0 Å². The molecule has 32 heavy (non-hydrogen) atoms. The molecule has 0 aliphatic rings. The van der Waals surface area contributed by atoms with E-state index in [1.165, 1.54) is 6.26 Å². The molecule has 2 N–H and O–H groups in total. The van der Waals surface area contributed by atoms with Gasteiger partial charge in [-0.1, -0.05) is 26.0 Å². The number of pyridine rings is 1. The standard InChI is InChI=1S/C23H34N4O3S.HI/c1-16(2)11-18(4)30-22-13-20(9-10-25-22)15-27-23(24-5)26-14-19-7-8-21(17(3)12-19)31(6,28)29;/h7-10,12-13,16,18H,11,14-15H2,1-6H3,(H2,24,26,27);1H. The number of hydrogen-bond acceptors (Lipinski definition) is 5. The Balaban J connectivity index is 0.00000512. The number of aryl methyl sites for hydroxylation is 1. The average molecular weight is 575 g/mol. The van der Waals surface area contributed by atoms with E-state index in [1.54, 1.807) is 26.2 Å². The largest absolute Gasteiger partial charge is 0.475 e. The van der Waals surface area contributed by atoms with Gasteiger partial charge in [-0.3, -0.25) is 4.99 Å². The van der Waals surface area contributed by atoms with Gasteiger partial charge in [0.1, 0.15) is 0 Å². The summed E-state index contributed by atoms with van der Waals surface area (Å²) < 4.78 is 29.5. The van der Waals surface area contributed by atoms with E-state index < -0.39 is 9.84 Å². The maximum absolute atomic E-state index is 11.8. The molecule has 0 amide bonds. The highest BCUT2D eigenvalue weighted by Crippen LogP contribution is 2.17. The molecule has 178 valence electrons. The van der Waals surface area contributed by atoms with Crippen LogP contribution in [0.5, 0.6) is 5.88 Å². The van der Waals surface area contributed by atoms with Gasteiger partial charge >= 0.3 is 0 Å². The number of ether oxygens (including phenoxy) is 1. The summed E-state index contributed by atoms with van der Waals surface area (Å²) in [4.78, 5) is 8.91. The van der Waals surface area contributed by atoms with Crippen LogP contribution in [0.3, 0.4) is 0 Å². The number of aromatic nitrogens is 1. The van der Waals surface area contributed by atoms with Gasteiger partial charge in [-0.15, -0.1) is 24.0 Å². The van der Waals surface area contributed by atoms with Gasteiger partial charge in [0.25, 0.3) is 0 Å². The Labute approximate surface area is 209 Å². The third-order valence-corrected chi connectivity index (χ3v) is 5.96. The van der Waals surface area contributed by atoms with Crippen molar-refractivity contribution in [3.8, 4) is 5.88 Å². The minimum Gasteiger partial charge on any atom is -0.475 e. The monoisotopic (exact) mass is 574 g/mol. The highest BCUT2D eigenvalue weighted by molar-refractivity contribution is 14.0. The summed E-state index contributed by atoms with van der Waals surface area (Å²) in [6.07, 6.45) is 4.06. The molecule has 0 saturated carbocycles. The molecule has 0 aliphatic heterocycles. The van der Waals surface area contributed by atoms with Crippen LogP contribution in [-0.4, -0.2) is 38.8 Å². The van der Waals surface area contributed by atoms with Gasteiger partial charge in [0.05, 0.1) is 11.0 Å². The number of halogens is 1. The molecular formula is C23H35IN4O3S. The lowest BCUT2D eigenvalue weighted by Gasteiger charge is -2.16. The molecule has 0 aliphatic carbocycles. The zero-order valence-corrected chi connectivity index (χ0v) is 22.8. The lowest BCUT2D eigenvalue weighted by molar-refractivity contribution is 0.185. The summed E-state index contributed by atoms with van der Waals surface area (Å²) in [6.45, 7) is 9.31. The number of rotatable bonds is 9. The zero-order valence-electron chi connectivity index (χ0n) is 19.7. The predicted molar refractivity (Wildman–Crippen MR) is 141 cm³/mol. The summed E-state index contributed by atoms with van der Waals surface area (Å²) in [5.41, 5.74) is 2.75. The lowest BCUT2D eigenvalue weighted by Crippen LogP contribution is -2.36. The van der Waals surface area contributed by atoms with Crippen LogP contribution < -0.4 is 15.4 Å². The first-order valence-corrected chi connectivity index (χ1v) is 12.3. The van der Waals surface area contributed by atoms with E-state index in [-0.39, 0.29) is 30.1 Å².